The minimum Gasteiger partial charge on any atom is -0.435 e. The predicted molar refractivity (Wildman–Crippen MR) is 72.9 cm³/mol. The molecular formula is C14H12ClFN2O2. The van der Waals surface area contributed by atoms with Crippen LogP contribution >= 0.6 is 11.6 Å². The highest BCUT2D eigenvalue weighted by molar-refractivity contribution is 6.32. The van der Waals surface area contributed by atoms with Crippen molar-refractivity contribution in [3.63, 3.8) is 0 Å². The molecule has 1 aromatic heterocycles. The summed E-state index contributed by atoms with van der Waals surface area (Å²) in [5, 5.41) is 0.216. The van der Waals surface area contributed by atoms with Crippen molar-refractivity contribution in [3.05, 3.63) is 46.6 Å². The molecule has 0 bridgehead atoms. The molecular weight excluding hydrogens is 283 g/mol. The zero-order chi connectivity index (χ0) is 14.7. The Morgan fingerprint density at radius 1 is 1.40 bits per heavy atom. The minimum atomic E-state index is -0.610. The van der Waals surface area contributed by atoms with Gasteiger partial charge in [0.05, 0.1) is 10.7 Å². The van der Waals surface area contributed by atoms with Crippen molar-refractivity contribution in [3.8, 4) is 11.6 Å². The molecule has 0 saturated carbocycles. The number of benzene rings is 1. The van der Waals surface area contributed by atoms with Crippen LogP contribution < -0.4 is 4.74 Å². The summed E-state index contributed by atoms with van der Waals surface area (Å²) in [5.74, 6) is -0.674. The standard InChI is InChI=1S/C14H12ClFN2O2/c1-3-11-13(16)14(18-7-17-11)20-12-5-4-9(8(2)19)6-10(12)15/h4-7H,3H2,1-2H3. The van der Waals surface area contributed by atoms with Crippen LogP contribution in [-0.4, -0.2) is 15.8 Å². The number of ketones is 1. The van der Waals surface area contributed by atoms with Crippen LogP contribution in [0.25, 0.3) is 0 Å². The van der Waals surface area contributed by atoms with Gasteiger partial charge < -0.3 is 4.74 Å². The van der Waals surface area contributed by atoms with Crippen molar-refractivity contribution < 1.29 is 13.9 Å². The second-order valence-electron chi connectivity index (χ2n) is 4.10. The average molecular weight is 295 g/mol. The topological polar surface area (TPSA) is 52.1 Å². The summed E-state index contributed by atoms with van der Waals surface area (Å²) in [7, 11) is 0. The van der Waals surface area contributed by atoms with E-state index in [1.54, 1.807) is 13.0 Å². The first-order chi connectivity index (χ1) is 9.52. The van der Waals surface area contributed by atoms with E-state index in [0.717, 1.165) is 0 Å². The Balaban J connectivity index is 2.33. The SMILES string of the molecule is CCc1ncnc(Oc2ccc(C(C)=O)cc2Cl)c1F. The van der Waals surface area contributed by atoms with Gasteiger partial charge in [-0.15, -0.1) is 0 Å². The van der Waals surface area contributed by atoms with Gasteiger partial charge >= 0.3 is 0 Å². The highest BCUT2D eigenvalue weighted by Gasteiger charge is 2.14. The summed E-state index contributed by atoms with van der Waals surface area (Å²) in [5.41, 5.74) is 0.728. The summed E-state index contributed by atoms with van der Waals surface area (Å²) >= 11 is 6.01. The van der Waals surface area contributed by atoms with Gasteiger partial charge in [0.15, 0.2) is 5.78 Å². The molecule has 104 valence electrons. The van der Waals surface area contributed by atoms with Crippen molar-refractivity contribution in [2.24, 2.45) is 0 Å². The molecule has 0 atom stereocenters. The van der Waals surface area contributed by atoms with Gasteiger partial charge in [-0.1, -0.05) is 18.5 Å². The fourth-order valence-electron chi connectivity index (χ4n) is 1.61. The van der Waals surface area contributed by atoms with Gasteiger partial charge in [-0.25, -0.2) is 4.98 Å². The number of hydrogen-bond acceptors (Lipinski definition) is 4. The third-order valence-electron chi connectivity index (χ3n) is 2.71. The maximum Gasteiger partial charge on any atom is 0.259 e. The number of ether oxygens (including phenoxy) is 1. The van der Waals surface area contributed by atoms with E-state index in [2.05, 4.69) is 9.97 Å². The van der Waals surface area contributed by atoms with E-state index in [-0.39, 0.29) is 28.1 Å². The third kappa shape index (κ3) is 2.93. The van der Waals surface area contributed by atoms with E-state index in [9.17, 15) is 9.18 Å². The summed E-state index contributed by atoms with van der Waals surface area (Å²) in [6, 6.07) is 4.54. The number of carbonyl (C=O) groups is 1. The normalized spacial score (nSPS) is 10.4. The lowest BCUT2D eigenvalue weighted by atomic mass is 10.1. The fourth-order valence-corrected chi connectivity index (χ4v) is 1.83. The quantitative estimate of drug-likeness (QED) is 0.804. The molecule has 4 nitrogen and oxygen atoms in total. The largest absolute Gasteiger partial charge is 0.435 e. The lowest BCUT2D eigenvalue weighted by molar-refractivity contribution is 0.101. The number of halogens is 2. The zero-order valence-corrected chi connectivity index (χ0v) is 11.7. The number of Topliss-reactive ketones (excluding diaryl/α,β-unsaturated/α-hetero) is 1. The number of aromatic nitrogens is 2. The van der Waals surface area contributed by atoms with E-state index in [1.807, 2.05) is 0 Å². The molecule has 0 unspecified atom stereocenters. The van der Waals surface area contributed by atoms with Gasteiger partial charge in [0.1, 0.15) is 12.1 Å². The van der Waals surface area contributed by atoms with E-state index < -0.39 is 5.82 Å². The number of aryl methyl sites for hydroxylation is 1. The van der Waals surface area contributed by atoms with Crippen molar-refractivity contribution in [2.45, 2.75) is 20.3 Å². The Morgan fingerprint density at radius 2 is 2.15 bits per heavy atom. The molecule has 2 aromatic rings. The van der Waals surface area contributed by atoms with Crippen LogP contribution in [0.4, 0.5) is 4.39 Å². The van der Waals surface area contributed by atoms with Gasteiger partial charge in [-0.3, -0.25) is 4.79 Å². The molecule has 1 aromatic carbocycles. The first kappa shape index (κ1) is 14.4. The van der Waals surface area contributed by atoms with Crippen molar-refractivity contribution in [2.75, 3.05) is 0 Å². The van der Waals surface area contributed by atoms with Gasteiger partial charge in [0.2, 0.25) is 5.82 Å². The smallest absolute Gasteiger partial charge is 0.259 e. The summed E-state index contributed by atoms with van der Waals surface area (Å²) in [6.07, 6.45) is 1.66. The molecule has 0 radical (unpaired) electrons. The van der Waals surface area contributed by atoms with Crippen LogP contribution in [0.1, 0.15) is 29.9 Å². The van der Waals surface area contributed by atoms with Gasteiger partial charge in [0.25, 0.3) is 5.88 Å². The molecule has 1 heterocycles. The first-order valence-electron chi connectivity index (χ1n) is 6.00. The molecule has 0 aliphatic heterocycles. The maximum atomic E-state index is 14.0. The highest BCUT2D eigenvalue weighted by atomic mass is 35.5. The second-order valence-corrected chi connectivity index (χ2v) is 4.50. The molecule has 0 aliphatic carbocycles. The molecule has 0 N–H and O–H groups in total. The first-order valence-corrected chi connectivity index (χ1v) is 6.38. The summed E-state index contributed by atoms with van der Waals surface area (Å²) in [4.78, 5) is 18.8. The van der Waals surface area contributed by atoms with Crippen molar-refractivity contribution >= 4 is 17.4 Å². The van der Waals surface area contributed by atoms with Crippen LogP contribution in [0, 0.1) is 5.82 Å². The fraction of sp³-hybridized carbons (Fsp3) is 0.214. The lowest BCUT2D eigenvalue weighted by Gasteiger charge is -2.09. The van der Waals surface area contributed by atoms with Gasteiger partial charge in [-0.2, -0.15) is 9.37 Å². The molecule has 0 amide bonds. The van der Waals surface area contributed by atoms with Gasteiger partial charge in [0, 0.05) is 5.56 Å². The lowest BCUT2D eigenvalue weighted by Crippen LogP contribution is -2.00. The Bertz CT molecular complexity index is 662. The van der Waals surface area contributed by atoms with Crippen LogP contribution in [-0.2, 0) is 6.42 Å². The Hall–Kier alpha value is -2.01. The maximum absolute atomic E-state index is 14.0. The number of carbonyl (C=O) groups excluding carboxylic acids is 1. The Morgan fingerprint density at radius 3 is 2.75 bits per heavy atom. The third-order valence-corrected chi connectivity index (χ3v) is 3.00. The van der Waals surface area contributed by atoms with Crippen molar-refractivity contribution in [1.82, 2.24) is 9.97 Å². The monoisotopic (exact) mass is 294 g/mol. The second kappa shape index (κ2) is 5.96. The highest BCUT2D eigenvalue weighted by Crippen LogP contribution is 2.30. The van der Waals surface area contributed by atoms with E-state index in [0.29, 0.717) is 12.0 Å². The average Bonchev–Trinajstić information content (AvgIpc) is 2.43. The summed E-state index contributed by atoms with van der Waals surface area (Å²) < 4.78 is 19.3. The molecule has 0 spiro atoms. The molecule has 0 aliphatic rings. The molecule has 0 fully saturated rings. The van der Waals surface area contributed by atoms with Crippen LogP contribution in [0.2, 0.25) is 5.02 Å². The molecule has 2 rings (SSSR count). The minimum absolute atomic E-state index is 0.111. The molecule has 6 heteroatoms. The van der Waals surface area contributed by atoms with Crippen LogP contribution in [0.5, 0.6) is 11.6 Å². The van der Waals surface area contributed by atoms with E-state index >= 15 is 0 Å². The zero-order valence-electron chi connectivity index (χ0n) is 11.0. The van der Waals surface area contributed by atoms with Crippen LogP contribution in [0.15, 0.2) is 24.5 Å². The van der Waals surface area contributed by atoms with E-state index in [1.165, 1.54) is 25.4 Å². The van der Waals surface area contributed by atoms with Gasteiger partial charge in [-0.05, 0) is 31.5 Å². The Kier molecular flexibility index (Phi) is 4.29. The molecule has 20 heavy (non-hydrogen) atoms. The molecule has 0 saturated heterocycles. The summed E-state index contributed by atoms with van der Waals surface area (Å²) in [6.45, 7) is 3.22. The van der Waals surface area contributed by atoms with Crippen molar-refractivity contribution in [1.29, 1.82) is 0 Å². The number of hydrogen-bond donors (Lipinski definition) is 0. The predicted octanol–water partition coefficient (Wildman–Crippen LogP) is 3.83. The van der Waals surface area contributed by atoms with Crippen LogP contribution in [0.3, 0.4) is 0 Å². The number of rotatable bonds is 4. The number of nitrogens with zero attached hydrogens (tertiary/aromatic N) is 2. The van der Waals surface area contributed by atoms with E-state index in [4.69, 9.17) is 16.3 Å². The Labute approximate surface area is 120 Å².